The van der Waals surface area contributed by atoms with E-state index in [-0.39, 0.29) is 36.0 Å². The summed E-state index contributed by atoms with van der Waals surface area (Å²) in [6, 6.07) is 0. The van der Waals surface area contributed by atoms with Crippen molar-refractivity contribution in [3.8, 4) is 0 Å². The maximum Gasteiger partial charge on any atom is 0.524 e. The smallest absolute Gasteiger partial charge is 0.466 e. The molecule has 0 aromatic heterocycles. The van der Waals surface area contributed by atoms with Crippen molar-refractivity contribution in [2.24, 2.45) is 0 Å². The van der Waals surface area contributed by atoms with Gasteiger partial charge in [0, 0.05) is 29.6 Å². The van der Waals surface area contributed by atoms with Crippen LogP contribution in [0.4, 0.5) is 4.79 Å². The molecule has 0 aromatic carbocycles. The predicted molar refractivity (Wildman–Crippen MR) is 114 cm³/mol. The van der Waals surface area contributed by atoms with E-state index in [1.807, 2.05) is 0 Å². The predicted octanol–water partition coefficient (Wildman–Crippen LogP) is 4.74. The number of unbranched alkanes of at least 4 members (excludes halogenated alkanes) is 9. The summed E-state index contributed by atoms with van der Waals surface area (Å²) in [6.45, 7) is 4.63. The van der Waals surface area contributed by atoms with Crippen molar-refractivity contribution < 1.29 is 31.7 Å². The molecule has 0 fully saturated rings. The third-order valence-corrected chi connectivity index (χ3v) is 4.71. The second kappa shape index (κ2) is 19.6. The van der Waals surface area contributed by atoms with Crippen molar-refractivity contribution >= 4 is 51.8 Å². The van der Waals surface area contributed by atoms with Crippen LogP contribution >= 0.6 is 0 Å². The summed E-state index contributed by atoms with van der Waals surface area (Å²) < 4.78 is 36.5. The molecule has 1 unspecified atom stereocenters. The van der Waals surface area contributed by atoms with E-state index in [0.29, 0.717) is 13.0 Å². The van der Waals surface area contributed by atoms with Crippen molar-refractivity contribution in [2.75, 3.05) is 12.9 Å². The van der Waals surface area contributed by atoms with Gasteiger partial charge in [-0.1, -0.05) is 71.6 Å². The van der Waals surface area contributed by atoms with E-state index in [2.05, 4.69) is 18.0 Å². The molecule has 0 bridgehead atoms. The third-order valence-electron chi connectivity index (χ3n) is 4.27. The van der Waals surface area contributed by atoms with Crippen molar-refractivity contribution in [3.63, 3.8) is 0 Å². The Morgan fingerprint density at radius 3 is 1.90 bits per heavy atom. The minimum absolute atomic E-state index is 0. The summed E-state index contributed by atoms with van der Waals surface area (Å²) >= 11 is 0. The Morgan fingerprint density at radius 1 is 0.828 bits per heavy atom. The van der Waals surface area contributed by atoms with Gasteiger partial charge >= 0.3 is 22.2 Å². The van der Waals surface area contributed by atoms with Crippen LogP contribution in [-0.4, -0.2) is 69.1 Å². The molecule has 0 aliphatic carbocycles. The van der Waals surface area contributed by atoms with Crippen LogP contribution in [0.5, 0.6) is 0 Å². The van der Waals surface area contributed by atoms with Gasteiger partial charge in [0.1, 0.15) is 6.10 Å². The molecule has 1 atom stereocenters. The Morgan fingerprint density at radius 2 is 1.34 bits per heavy atom. The second-order valence-corrected chi connectivity index (χ2v) is 8.75. The van der Waals surface area contributed by atoms with E-state index in [9.17, 15) is 18.0 Å². The van der Waals surface area contributed by atoms with Crippen LogP contribution in [0.25, 0.3) is 0 Å². The first-order valence-electron chi connectivity index (χ1n) is 10.5. The molecule has 0 N–H and O–H groups in total. The monoisotopic (exact) mass is 445 g/mol. The fourth-order valence-electron chi connectivity index (χ4n) is 2.77. The number of esters is 1. The van der Waals surface area contributed by atoms with Crippen LogP contribution in [0.2, 0.25) is 0 Å². The Labute approximate surface area is 199 Å². The normalized spacial score (nSPS) is 12.0. The molecule has 0 amide bonds. The Bertz CT molecular complexity index is 523. The van der Waals surface area contributed by atoms with E-state index in [1.165, 1.54) is 19.3 Å². The minimum Gasteiger partial charge on any atom is -0.466 e. The Hall–Kier alpha value is -0.310. The van der Waals surface area contributed by atoms with Gasteiger partial charge in [-0.15, -0.1) is 0 Å². The largest absolute Gasteiger partial charge is 0.524 e. The zero-order chi connectivity index (χ0) is 21.3. The van der Waals surface area contributed by atoms with E-state index >= 15 is 0 Å². The molecular formula is C20H38NaO7S. The van der Waals surface area contributed by atoms with E-state index in [0.717, 1.165) is 57.6 Å². The number of carbonyl (C=O) groups is 2. The van der Waals surface area contributed by atoms with Gasteiger partial charge in [-0.3, -0.25) is 4.79 Å². The maximum atomic E-state index is 12.0. The summed E-state index contributed by atoms with van der Waals surface area (Å²) in [7, 11) is -3.95. The summed E-state index contributed by atoms with van der Waals surface area (Å²) in [5.41, 5.74) is 0. The minimum atomic E-state index is -3.95. The van der Waals surface area contributed by atoms with Gasteiger partial charge in [0.15, 0.2) is 0 Å². The van der Waals surface area contributed by atoms with Crippen molar-refractivity contribution in [1.29, 1.82) is 0 Å². The first-order chi connectivity index (χ1) is 13.3. The van der Waals surface area contributed by atoms with Gasteiger partial charge in [0.25, 0.3) is 0 Å². The molecule has 0 saturated carbocycles. The van der Waals surface area contributed by atoms with Crippen molar-refractivity contribution in [1.82, 2.24) is 0 Å². The van der Waals surface area contributed by atoms with E-state index in [4.69, 9.17) is 9.47 Å². The maximum absolute atomic E-state index is 12.0. The number of carbonyl (C=O) groups excluding carboxylic acids is 2. The molecule has 0 rings (SSSR count). The first-order valence-corrected chi connectivity index (χ1v) is 12.4. The molecule has 0 aromatic rings. The van der Waals surface area contributed by atoms with Crippen LogP contribution < -0.4 is 0 Å². The second-order valence-electron chi connectivity index (χ2n) is 7.17. The van der Waals surface area contributed by atoms with Crippen molar-refractivity contribution in [3.05, 3.63) is 0 Å². The quantitative estimate of drug-likeness (QED) is 0.138. The van der Waals surface area contributed by atoms with Crippen LogP contribution in [0.3, 0.4) is 0 Å². The molecule has 0 saturated heterocycles. The zero-order valence-corrected chi connectivity index (χ0v) is 21.6. The third kappa shape index (κ3) is 22.2. The number of hydrogen-bond acceptors (Lipinski definition) is 7. The van der Waals surface area contributed by atoms with Gasteiger partial charge in [-0.25, -0.2) is 4.79 Å². The molecule has 9 heteroatoms. The summed E-state index contributed by atoms with van der Waals surface area (Å²) in [4.78, 5) is 23.6. The van der Waals surface area contributed by atoms with Gasteiger partial charge in [0.05, 0.1) is 19.3 Å². The number of rotatable bonds is 17. The van der Waals surface area contributed by atoms with Crippen LogP contribution in [-0.2, 0) is 28.6 Å². The molecule has 7 nitrogen and oxygen atoms in total. The van der Waals surface area contributed by atoms with Gasteiger partial charge in [0.2, 0.25) is 0 Å². The summed E-state index contributed by atoms with van der Waals surface area (Å²) in [5.74, 6) is -0.445. The SMILES string of the molecule is CCCCCCCCOC(=O)CC(CCCCCCC)OC(=O)OS(C)(=O)=O.[Na]. The zero-order valence-electron chi connectivity index (χ0n) is 18.7. The Balaban J connectivity index is 0. The molecule has 0 aliphatic rings. The van der Waals surface area contributed by atoms with Crippen LogP contribution in [0, 0.1) is 0 Å². The van der Waals surface area contributed by atoms with Gasteiger partial charge in [-0.2, -0.15) is 8.42 Å². The molecule has 0 aliphatic heterocycles. The molecule has 1 radical (unpaired) electrons. The van der Waals surface area contributed by atoms with E-state index in [1.54, 1.807) is 0 Å². The fourth-order valence-corrected chi connectivity index (χ4v) is 3.06. The average Bonchev–Trinajstić information content (AvgIpc) is 2.59. The van der Waals surface area contributed by atoms with Crippen LogP contribution in [0.1, 0.15) is 97.3 Å². The van der Waals surface area contributed by atoms with E-state index < -0.39 is 28.3 Å². The molecule has 0 spiro atoms. The molecule has 29 heavy (non-hydrogen) atoms. The van der Waals surface area contributed by atoms with Crippen LogP contribution in [0.15, 0.2) is 0 Å². The van der Waals surface area contributed by atoms with Gasteiger partial charge < -0.3 is 13.7 Å². The number of ether oxygens (including phenoxy) is 2. The fraction of sp³-hybridized carbons (Fsp3) is 0.900. The topological polar surface area (TPSA) is 96.0 Å². The summed E-state index contributed by atoms with van der Waals surface area (Å²) in [5, 5.41) is 0. The Kier molecular flexibility index (Phi) is 20.9. The first kappa shape index (κ1) is 30.9. The number of hydrogen-bond donors (Lipinski definition) is 0. The van der Waals surface area contributed by atoms with Gasteiger partial charge in [-0.05, 0) is 19.3 Å². The molecular weight excluding hydrogens is 407 g/mol. The standard InChI is InChI=1S/C20H38O7S.Na/c1-4-6-8-10-12-14-16-25-19(21)17-18(15-13-11-9-7-5-2)26-20(22)27-28(3,23)24;/h18H,4-17H2,1-3H3;. The molecule has 167 valence electrons. The average molecular weight is 446 g/mol. The summed E-state index contributed by atoms with van der Waals surface area (Å²) in [6.07, 6.45) is 10.7. The molecule has 0 heterocycles. The van der Waals surface area contributed by atoms with Crippen molar-refractivity contribution in [2.45, 2.75) is 103 Å².